The maximum absolute atomic E-state index is 12.0. The molecular weight excluding hydrogens is 258 g/mol. The zero-order chi connectivity index (χ0) is 14.4. The van der Waals surface area contributed by atoms with E-state index < -0.39 is 0 Å². The summed E-state index contributed by atoms with van der Waals surface area (Å²) in [5.41, 5.74) is 0.961. The quantitative estimate of drug-likeness (QED) is 0.819. The Bertz CT molecular complexity index is 513. The van der Waals surface area contributed by atoms with Gasteiger partial charge in [-0.3, -0.25) is 9.69 Å². The van der Waals surface area contributed by atoms with Gasteiger partial charge in [-0.1, -0.05) is 12.1 Å². The summed E-state index contributed by atoms with van der Waals surface area (Å²) < 4.78 is 5.33. The van der Waals surface area contributed by atoms with E-state index in [4.69, 9.17) is 15.1 Å². The number of morpholine rings is 1. The van der Waals surface area contributed by atoms with Crippen LogP contribution in [0.1, 0.15) is 5.56 Å². The molecule has 1 aliphatic heterocycles. The summed E-state index contributed by atoms with van der Waals surface area (Å²) in [5, 5.41) is 20.8. The lowest BCUT2D eigenvalue weighted by molar-refractivity contribution is -0.120. The molecule has 0 aliphatic carbocycles. The fourth-order valence-electron chi connectivity index (χ4n) is 2.12. The van der Waals surface area contributed by atoms with E-state index in [1.165, 1.54) is 0 Å². The number of aliphatic hydroxyl groups is 1. The number of rotatable bonds is 4. The van der Waals surface area contributed by atoms with Crippen molar-refractivity contribution < 1.29 is 14.6 Å². The molecule has 6 nitrogen and oxygen atoms in total. The predicted octanol–water partition coefficient (Wildman–Crippen LogP) is 0.190. The molecular formula is C14H17N3O3. The van der Waals surface area contributed by atoms with Crippen molar-refractivity contribution in [1.29, 1.82) is 5.26 Å². The Kier molecular flexibility index (Phi) is 5.07. The highest BCUT2D eigenvalue weighted by Crippen LogP contribution is 2.13. The molecule has 2 rings (SSSR count). The molecule has 1 unspecified atom stereocenters. The Morgan fingerprint density at radius 3 is 3.10 bits per heavy atom. The Morgan fingerprint density at radius 1 is 1.55 bits per heavy atom. The van der Waals surface area contributed by atoms with Gasteiger partial charge in [-0.2, -0.15) is 5.26 Å². The van der Waals surface area contributed by atoms with Gasteiger partial charge in [0.25, 0.3) is 0 Å². The number of ether oxygens (including phenoxy) is 1. The van der Waals surface area contributed by atoms with Gasteiger partial charge in [0.05, 0.1) is 37.1 Å². The standard InChI is InChI=1S/C14H17N3O3/c15-7-11-3-1-2-4-13(11)16-14(19)9-17-5-6-20-12(8-17)10-18/h1-4,12,18H,5-6,8-10H2,(H,16,19). The van der Waals surface area contributed by atoms with Crippen LogP contribution in [0.4, 0.5) is 5.69 Å². The number of nitrogens with zero attached hydrogens (tertiary/aromatic N) is 2. The number of anilines is 1. The van der Waals surface area contributed by atoms with Gasteiger partial charge >= 0.3 is 0 Å². The molecule has 1 atom stereocenters. The van der Waals surface area contributed by atoms with E-state index in [0.29, 0.717) is 30.9 Å². The van der Waals surface area contributed by atoms with E-state index in [2.05, 4.69) is 5.32 Å². The molecule has 1 saturated heterocycles. The minimum Gasteiger partial charge on any atom is -0.394 e. The summed E-state index contributed by atoms with van der Waals surface area (Å²) in [6, 6.07) is 8.92. The van der Waals surface area contributed by atoms with Gasteiger partial charge in [-0.05, 0) is 12.1 Å². The summed E-state index contributed by atoms with van der Waals surface area (Å²) >= 11 is 0. The van der Waals surface area contributed by atoms with Crippen molar-refractivity contribution in [2.24, 2.45) is 0 Å². The van der Waals surface area contributed by atoms with Crippen LogP contribution in [0.5, 0.6) is 0 Å². The molecule has 0 aromatic heterocycles. The summed E-state index contributed by atoms with van der Waals surface area (Å²) in [7, 11) is 0. The molecule has 1 aliphatic rings. The van der Waals surface area contributed by atoms with Gasteiger partial charge in [0, 0.05) is 13.1 Å². The van der Waals surface area contributed by atoms with Gasteiger partial charge in [0.2, 0.25) is 5.91 Å². The molecule has 0 spiro atoms. The van der Waals surface area contributed by atoms with Gasteiger partial charge in [0.1, 0.15) is 6.07 Å². The summed E-state index contributed by atoms with van der Waals surface area (Å²) in [5.74, 6) is -0.175. The van der Waals surface area contributed by atoms with Crippen LogP contribution in [0.15, 0.2) is 24.3 Å². The minimum atomic E-state index is -0.233. The Hall–Kier alpha value is -1.94. The summed E-state index contributed by atoms with van der Waals surface area (Å²) in [6.45, 7) is 1.87. The Balaban J connectivity index is 1.91. The summed E-state index contributed by atoms with van der Waals surface area (Å²) in [4.78, 5) is 13.9. The molecule has 0 saturated carbocycles. The highest BCUT2D eigenvalue weighted by atomic mass is 16.5. The van der Waals surface area contributed by atoms with E-state index in [1.807, 2.05) is 11.0 Å². The lowest BCUT2D eigenvalue weighted by atomic mass is 10.2. The van der Waals surface area contributed by atoms with Crippen molar-refractivity contribution in [2.75, 3.05) is 38.2 Å². The zero-order valence-electron chi connectivity index (χ0n) is 11.1. The maximum Gasteiger partial charge on any atom is 0.238 e. The van der Waals surface area contributed by atoms with E-state index in [1.54, 1.807) is 24.3 Å². The average molecular weight is 275 g/mol. The molecule has 1 heterocycles. The van der Waals surface area contributed by atoms with E-state index in [-0.39, 0.29) is 25.2 Å². The molecule has 1 aromatic carbocycles. The number of carbonyl (C=O) groups excluding carboxylic acids is 1. The highest BCUT2D eigenvalue weighted by molar-refractivity contribution is 5.93. The molecule has 1 aromatic rings. The van der Waals surface area contributed by atoms with Crippen LogP contribution >= 0.6 is 0 Å². The number of para-hydroxylation sites is 1. The number of carbonyl (C=O) groups is 1. The maximum atomic E-state index is 12.0. The highest BCUT2D eigenvalue weighted by Gasteiger charge is 2.21. The van der Waals surface area contributed by atoms with Crippen LogP contribution in [0.2, 0.25) is 0 Å². The van der Waals surface area contributed by atoms with E-state index in [0.717, 1.165) is 0 Å². The Labute approximate surface area is 117 Å². The first kappa shape index (κ1) is 14.5. The Morgan fingerprint density at radius 2 is 2.35 bits per heavy atom. The van der Waals surface area contributed by atoms with Crippen LogP contribution in [0.3, 0.4) is 0 Å². The smallest absolute Gasteiger partial charge is 0.238 e. The number of hydrogen-bond donors (Lipinski definition) is 2. The van der Waals surface area contributed by atoms with Crippen molar-refractivity contribution in [1.82, 2.24) is 4.90 Å². The molecule has 20 heavy (non-hydrogen) atoms. The van der Waals surface area contributed by atoms with Gasteiger partial charge in [-0.15, -0.1) is 0 Å². The zero-order valence-corrected chi connectivity index (χ0v) is 11.1. The van der Waals surface area contributed by atoms with Crippen molar-refractivity contribution >= 4 is 11.6 Å². The first-order valence-electron chi connectivity index (χ1n) is 6.46. The van der Waals surface area contributed by atoms with E-state index in [9.17, 15) is 4.79 Å². The van der Waals surface area contributed by atoms with Crippen LogP contribution < -0.4 is 5.32 Å². The number of benzene rings is 1. The summed E-state index contributed by atoms with van der Waals surface area (Å²) in [6.07, 6.45) is -0.233. The van der Waals surface area contributed by atoms with Crippen LogP contribution in [-0.2, 0) is 9.53 Å². The lowest BCUT2D eigenvalue weighted by Crippen LogP contribution is -2.46. The second kappa shape index (κ2) is 7.01. The van der Waals surface area contributed by atoms with Gasteiger partial charge in [-0.25, -0.2) is 0 Å². The van der Waals surface area contributed by atoms with Gasteiger partial charge < -0.3 is 15.2 Å². The third kappa shape index (κ3) is 3.78. The number of nitrogens with one attached hydrogen (secondary N) is 1. The molecule has 6 heteroatoms. The molecule has 1 amide bonds. The predicted molar refractivity (Wildman–Crippen MR) is 73.1 cm³/mol. The largest absolute Gasteiger partial charge is 0.394 e. The van der Waals surface area contributed by atoms with Crippen LogP contribution in [-0.4, -0.2) is 54.9 Å². The normalized spacial score (nSPS) is 19.3. The SMILES string of the molecule is N#Cc1ccccc1NC(=O)CN1CCOC(CO)C1. The monoisotopic (exact) mass is 275 g/mol. The number of nitriles is 1. The second-order valence-corrected chi connectivity index (χ2v) is 4.62. The molecule has 0 radical (unpaired) electrons. The van der Waals surface area contributed by atoms with Crippen molar-refractivity contribution in [2.45, 2.75) is 6.10 Å². The van der Waals surface area contributed by atoms with Crippen LogP contribution in [0, 0.1) is 11.3 Å². The molecule has 1 fully saturated rings. The van der Waals surface area contributed by atoms with Crippen LogP contribution in [0.25, 0.3) is 0 Å². The third-order valence-corrected chi connectivity index (χ3v) is 3.12. The minimum absolute atomic E-state index is 0.0462. The third-order valence-electron chi connectivity index (χ3n) is 3.12. The van der Waals surface area contributed by atoms with Crippen molar-refractivity contribution in [3.63, 3.8) is 0 Å². The first-order valence-corrected chi connectivity index (χ1v) is 6.46. The molecule has 106 valence electrons. The van der Waals surface area contributed by atoms with Crippen molar-refractivity contribution in [3.05, 3.63) is 29.8 Å². The van der Waals surface area contributed by atoms with Gasteiger partial charge in [0.15, 0.2) is 0 Å². The number of aliphatic hydroxyl groups excluding tert-OH is 1. The van der Waals surface area contributed by atoms with Crippen molar-refractivity contribution in [3.8, 4) is 6.07 Å². The average Bonchev–Trinajstić information content (AvgIpc) is 2.48. The lowest BCUT2D eigenvalue weighted by Gasteiger charge is -2.31. The first-order chi connectivity index (χ1) is 9.72. The number of amides is 1. The van der Waals surface area contributed by atoms with E-state index >= 15 is 0 Å². The number of hydrogen-bond acceptors (Lipinski definition) is 5. The fourth-order valence-corrected chi connectivity index (χ4v) is 2.12. The topological polar surface area (TPSA) is 85.6 Å². The fraction of sp³-hybridized carbons (Fsp3) is 0.429. The molecule has 0 bridgehead atoms. The molecule has 2 N–H and O–H groups in total. The second-order valence-electron chi connectivity index (χ2n) is 4.62.